The maximum absolute atomic E-state index is 5.93. The van der Waals surface area contributed by atoms with Crippen molar-refractivity contribution in [3.8, 4) is 11.4 Å². The van der Waals surface area contributed by atoms with Gasteiger partial charge in [-0.2, -0.15) is 5.10 Å². The van der Waals surface area contributed by atoms with Crippen LogP contribution in [0.1, 0.15) is 11.3 Å². The number of hydrogen-bond acceptors (Lipinski definition) is 5. The highest BCUT2D eigenvalue weighted by Gasteiger charge is 2.17. The first kappa shape index (κ1) is 10.2. The van der Waals surface area contributed by atoms with Gasteiger partial charge in [0.15, 0.2) is 5.82 Å². The lowest BCUT2D eigenvalue weighted by molar-refractivity contribution is 0.109. The largest absolute Gasteiger partial charge is 0.383 e. The zero-order chi connectivity index (χ0) is 11.8. The smallest absolute Gasteiger partial charge is 0.164 e. The summed E-state index contributed by atoms with van der Waals surface area (Å²) < 4.78 is 7.07. The Kier molecular flexibility index (Phi) is 2.29. The zero-order valence-corrected chi connectivity index (χ0v) is 9.55. The highest BCUT2D eigenvalue weighted by molar-refractivity contribution is 5.57. The van der Waals surface area contributed by atoms with E-state index in [-0.39, 0.29) is 0 Å². The first-order valence-electron chi connectivity index (χ1n) is 5.46. The van der Waals surface area contributed by atoms with Gasteiger partial charge in [0.25, 0.3) is 0 Å². The Balaban J connectivity index is 2.10. The number of rotatable bonds is 1. The molecule has 1 aliphatic rings. The van der Waals surface area contributed by atoms with Crippen molar-refractivity contribution in [2.45, 2.75) is 13.0 Å². The minimum atomic E-state index is 0.508. The summed E-state index contributed by atoms with van der Waals surface area (Å²) in [5, 5.41) is 4.11. The fourth-order valence-electron chi connectivity index (χ4n) is 1.92. The molecule has 0 bridgehead atoms. The number of nitrogens with zero attached hydrogens (tertiary/aromatic N) is 4. The summed E-state index contributed by atoms with van der Waals surface area (Å²) in [6.07, 6.45) is 4.40. The first-order chi connectivity index (χ1) is 8.24. The molecule has 0 saturated heterocycles. The molecular formula is C11H13N5O. The Morgan fingerprint density at radius 3 is 3.06 bits per heavy atom. The normalized spacial score (nSPS) is 14.6. The van der Waals surface area contributed by atoms with E-state index in [2.05, 4.69) is 15.1 Å². The van der Waals surface area contributed by atoms with E-state index in [1.54, 1.807) is 10.9 Å². The minimum Gasteiger partial charge on any atom is -0.383 e. The molecular weight excluding hydrogens is 218 g/mol. The van der Waals surface area contributed by atoms with Crippen molar-refractivity contribution in [2.24, 2.45) is 7.05 Å². The quantitative estimate of drug-likeness (QED) is 0.774. The number of aryl methyl sites for hydroxylation is 1. The van der Waals surface area contributed by atoms with Gasteiger partial charge in [0, 0.05) is 25.2 Å². The highest BCUT2D eigenvalue weighted by atomic mass is 16.5. The summed E-state index contributed by atoms with van der Waals surface area (Å²) in [4.78, 5) is 8.84. The molecule has 3 heterocycles. The van der Waals surface area contributed by atoms with Crippen LogP contribution in [0.25, 0.3) is 11.4 Å². The van der Waals surface area contributed by atoms with Gasteiger partial charge in [-0.1, -0.05) is 0 Å². The van der Waals surface area contributed by atoms with Gasteiger partial charge in [-0.15, -0.1) is 0 Å². The second-order valence-electron chi connectivity index (χ2n) is 4.06. The molecule has 0 saturated carbocycles. The van der Waals surface area contributed by atoms with Crippen LogP contribution in [0.5, 0.6) is 0 Å². The van der Waals surface area contributed by atoms with Crippen LogP contribution in [-0.2, 0) is 24.8 Å². The minimum absolute atomic E-state index is 0.508. The van der Waals surface area contributed by atoms with Crippen LogP contribution in [0.15, 0.2) is 12.4 Å². The molecule has 17 heavy (non-hydrogen) atoms. The molecule has 0 aromatic carbocycles. The lowest BCUT2D eigenvalue weighted by Gasteiger charge is -2.17. The van der Waals surface area contributed by atoms with E-state index in [1.165, 1.54) is 0 Å². The van der Waals surface area contributed by atoms with Crippen LogP contribution in [0, 0.1) is 0 Å². The van der Waals surface area contributed by atoms with E-state index in [4.69, 9.17) is 10.5 Å². The van der Waals surface area contributed by atoms with Crippen molar-refractivity contribution in [3.63, 3.8) is 0 Å². The molecule has 2 aromatic heterocycles. The third kappa shape index (κ3) is 1.76. The topological polar surface area (TPSA) is 78.9 Å². The monoisotopic (exact) mass is 231 g/mol. The van der Waals surface area contributed by atoms with Gasteiger partial charge in [-0.05, 0) is 0 Å². The van der Waals surface area contributed by atoms with Crippen molar-refractivity contribution in [3.05, 3.63) is 23.7 Å². The van der Waals surface area contributed by atoms with Crippen LogP contribution in [0.4, 0.5) is 5.82 Å². The molecule has 0 spiro atoms. The van der Waals surface area contributed by atoms with Crippen molar-refractivity contribution in [1.82, 2.24) is 19.7 Å². The van der Waals surface area contributed by atoms with E-state index in [0.29, 0.717) is 24.9 Å². The van der Waals surface area contributed by atoms with Crippen LogP contribution < -0.4 is 5.73 Å². The van der Waals surface area contributed by atoms with Gasteiger partial charge in [0.05, 0.1) is 30.7 Å². The summed E-state index contributed by atoms with van der Waals surface area (Å²) in [5.41, 5.74) is 8.72. The van der Waals surface area contributed by atoms with E-state index < -0.39 is 0 Å². The van der Waals surface area contributed by atoms with Gasteiger partial charge in [0.2, 0.25) is 0 Å². The first-order valence-corrected chi connectivity index (χ1v) is 5.46. The fourth-order valence-corrected chi connectivity index (χ4v) is 1.92. The number of nitrogen functional groups attached to an aromatic ring is 1. The molecule has 6 heteroatoms. The van der Waals surface area contributed by atoms with Crippen LogP contribution >= 0.6 is 0 Å². The third-order valence-electron chi connectivity index (χ3n) is 2.82. The van der Waals surface area contributed by atoms with Crippen molar-refractivity contribution in [1.29, 1.82) is 0 Å². The summed E-state index contributed by atoms with van der Waals surface area (Å²) >= 11 is 0. The molecule has 0 fully saturated rings. The summed E-state index contributed by atoms with van der Waals surface area (Å²) in [6.45, 7) is 1.20. The maximum atomic E-state index is 5.93. The third-order valence-corrected chi connectivity index (χ3v) is 2.82. The average Bonchev–Trinajstić information content (AvgIpc) is 2.76. The van der Waals surface area contributed by atoms with E-state index in [0.717, 1.165) is 23.2 Å². The SMILES string of the molecule is Cn1cc(-c2nc(N)c3c(n2)CCOC3)cn1. The van der Waals surface area contributed by atoms with Crippen molar-refractivity contribution < 1.29 is 4.74 Å². The number of ether oxygens (including phenoxy) is 1. The molecule has 0 unspecified atom stereocenters. The molecule has 0 amide bonds. The Labute approximate surface area is 98.4 Å². The fraction of sp³-hybridized carbons (Fsp3) is 0.364. The number of nitrogens with two attached hydrogens (primary N) is 1. The van der Waals surface area contributed by atoms with E-state index in [1.807, 2.05) is 13.2 Å². The Morgan fingerprint density at radius 2 is 2.29 bits per heavy atom. The molecule has 88 valence electrons. The summed E-state index contributed by atoms with van der Waals surface area (Å²) in [5.74, 6) is 1.14. The van der Waals surface area contributed by atoms with Gasteiger partial charge >= 0.3 is 0 Å². The predicted molar refractivity (Wildman–Crippen MR) is 62.0 cm³/mol. The average molecular weight is 231 g/mol. The molecule has 3 rings (SSSR count). The summed E-state index contributed by atoms with van der Waals surface area (Å²) in [6, 6.07) is 0. The van der Waals surface area contributed by atoms with Gasteiger partial charge in [0.1, 0.15) is 5.82 Å². The Hall–Kier alpha value is -1.95. The number of hydrogen-bond donors (Lipinski definition) is 1. The van der Waals surface area contributed by atoms with Gasteiger partial charge < -0.3 is 10.5 Å². The lowest BCUT2D eigenvalue weighted by Crippen LogP contribution is -2.16. The standard InChI is InChI=1S/C11H13N5O/c1-16-5-7(4-13-16)11-14-9-2-3-17-6-8(9)10(12)15-11/h4-5H,2-3,6H2,1H3,(H2,12,14,15). The molecule has 0 aliphatic carbocycles. The number of anilines is 1. The van der Waals surface area contributed by atoms with Crippen LogP contribution in [-0.4, -0.2) is 26.4 Å². The van der Waals surface area contributed by atoms with E-state index >= 15 is 0 Å². The van der Waals surface area contributed by atoms with E-state index in [9.17, 15) is 0 Å². The highest BCUT2D eigenvalue weighted by Crippen LogP contribution is 2.23. The second-order valence-corrected chi connectivity index (χ2v) is 4.06. The Morgan fingerprint density at radius 1 is 1.41 bits per heavy atom. The zero-order valence-electron chi connectivity index (χ0n) is 9.55. The predicted octanol–water partition coefficient (Wildman–Crippen LogP) is 0.532. The molecule has 2 N–H and O–H groups in total. The number of fused-ring (bicyclic) bond motifs is 1. The number of aromatic nitrogens is 4. The molecule has 0 radical (unpaired) electrons. The van der Waals surface area contributed by atoms with Gasteiger partial charge in [-0.3, -0.25) is 4.68 Å². The molecule has 0 atom stereocenters. The molecule has 1 aliphatic heterocycles. The lowest BCUT2D eigenvalue weighted by atomic mass is 10.1. The maximum Gasteiger partial charge on any atom is 0.164 e. The van der Waals surface area contributed by atoms with Crippen LogP contribution in [0.2, 0.25) is 0 Å². The van der Waals surface area contributed by atoms with Crippen molar-refractivity contribution in [2.75, 3.05) is 12.3 Å². The molecule has 2 aromatic rings. The molecule has 6 nitrogen and oxygen atoms in total. The van der Waals surface area contributed by atoms with Crippen LogP contribution in [0.3, 0.4) is 0 Å². The summed E-state index contributed by atoms with van der Waals surface area (Å²) in [7, 11) is 1.86. The van der Waals surface area contributed by atoms with Gasteiger partial charge in [-0.25, -0.2) is 9.97 Å². The van der Waals surface area contributed by atoms with Crippen molar-refractivity contribution >= 4 is 5.82 Å². The Bertz CT molecular complexity index is 563. The second kappa shape index (κ2) is 3.81.